The predicted molar refractivity (Wildman–Crippen MR) is 143 cm³/mol. The Hall–Kier alpha value is -3.93. The molecular weight excluding hydrogens is 427 g/mol. The molecule has 0 aliphatic carbocycles. The fourth-order valence-corrected chi connectivity index (χ4v) is 1.72. The number of nitrogens with zero attached hydrogens (tertiary/aromatic N) is 3. The molecule has 0 radical (unpaired) electrons. The molecule has 0 amide bonds. The van der Waals surface area contributed by atoms with Gasteiger partial charge in [0, 0.05) is 0 Å². The Bertz CT molecular complexity index is 945. The molecule has 0 saturated carbocycles. The largest absolute Gasteiger partial charge is 0.529 e. The molecule has 9 heteroatoms. The van der Waals surface area contributed by atoms with Gasteiger partial charge in [0.15, 0.2) is 0 Å². The summed E-state index contributed by atoms with van der Waals surface area (Å²) in [6.07, 6.45) is 9.00. The molecule has 5 N–H and O–H groups in total. The molecule has 180 valence electrons. The molecule has 0 spiro atoms. The van der Waals surface area contributed by atoms with Crippen LogP contribution in [0.3, 0.4) is 0 Å². The van der Waals surface area contributed by atoms with Crippen molar-refractivity contribution in [3.05, 3.63) is 88.5 Å². The number of aromatic amines is 3. The van der Waals surface area contributed by atoms with Gasteiger partial charge in [-0.25, -0.2) is 0 Å². The minimum Gasteiger partial charge on any atom is -0.421 e. The summed E-state index contributed by atoms with van der Waals surface area (Å²) in [5.41, 5.74) is 2.32. The monoisotopic (exact) mass is 463 g/mol. The quantitative estimate of drug-likeness (QED) is 0.167. The molecule has 0 aromatic carbocycles. The number of rotatable bonds is 1. The van der Waals surface area contributed by atoms with Gasteiger partial charge in [-0.3, -0.25) is 0 Å². The predicted octanol–water partition coefficient (Wildman–Crippen LogP) is 6.28. The van der Waals surface area contributed by atoms with Gasteiger partial charge in [0.25, 0.3) is 0 Å². The van der Waals surface area contributed by atoms with Gasteiger partial charge in [-0.2, -0.15) is 0 Å². The summed E-state index contributed by atoms with van der Waals surface area (Å²) in [6, 6.07) is 10.2. The smallest absolute Gasteiger partial charge is 0.421 e. The molecule has 0 aliphatic rings. The number of hydrogen-bond donors (Lipinski definition) is 5. The molecule has 34 heavy (non-hydrogen) atoms. The zero-order chi connectivity index (χ0) is 27.5. The number of aromatic nitrogens is 3. The van der Waals surface area contributed by atoms with Crippen LogP contribution >= 0.6 is 0 Å². The Balaban J connectivity index is -0.000000174. The molecule has 0 atom stereocenters. The standard InChI is InChI=1S/2C6H6N2.C5H5BN2O2.3C2H6.C2H/c2*1-5-3-4-6(7-2)8-5;1-7-5-3-2-4(8-5)6(9)10;4*1-2/h2*3-4,8H,1H3;2-3,8-10H;3*1-2H3;1H/q;;;;;;+1. The van der Waals surface area contributed by atoms with Crippen molar-refractivity contribution >= 4 is 30.2 Å². The first kappa shape index (κ1) is 37.4. The van der Waals surface area contributed by atoms with Crippen molar-refractivity contribution in [2.24, 2.45) is 0 Å². The first-order valence-electron chi connectivity index (χ1n) is 10.7. The van der Waals surface area contributed by atoms with Crippen molar-refractivity contribution < 1.29 is 10.0 Å². The van der Waals surface area contributed by atoms with E-state index in [0.29, 0.717) is 17.5 Å². The third-order valence-electron chi connectivity index (χ3n) is 2.97. The van der Waals surface area contributed by atoms with Gasteiger partial charge in [0.05, 0.1) is 11.4 Å². The van der Waals surface area contributed by atoms with Crippen molar-refractivity contribution in [1.29, 1.82) is 0 Å². The Morgan fingerprint density at radius 2 is 0.941 bits per heavy atom. The van der Waals surface area contributed by atoms with Crippen LogP contribution in [0.5, 0.6) is 0 Å². The van der Waals surface area contributed by atoms with E-state index in [1.165, 1.54) is 12.1 Å². The number of terminal acetylenes is 1. The van der Waals surface area contributed by atoms with E-state index < -0.39 is 7.12 Å². The third-order valence-corrected chi connectivity index (χ3v) is 2.97. The van der Waals surface area contributed by atoms with Gasteiger partial charge in [-0.05, 0) is 50.2 Å². The van der Waals surface area contributed by atoms with E-state index in [0.717, 1.165) is 11.4 Å². The topological polar surface area (TPSA) is 101 Å². The molecule has 8 nitrogen and oxygen atoms in total. The molecule has 3 heterocycles. The van der Waals surface area contributed by atoms with Crippen molar-refractivity contribution in [2.45, 2.75) is 55.4 Å². The van der Waals surface area contributed by atoms with Crippen LogP contribution in [0.2, 0.25) is 0 Å². The normalized spacial score (nSPS) is 7.29. The maximum absolute atomic E-state index is 8.55. The van der Waals surface area contributed by atoms with Gasteiger partial charge < -0.3 is 39.5 Å². The summed E-state index contributed by atoms with van der Waals surface area (Å²) in [5.74, 6) is 1.54. The van der Waals surface area contributed by atoms with Crippen LogP contribution in [0, 0.1) is 46.4 Å². The Morgan fingerprint density at radius 3 is 1.09 bits per heavy atom. The summed E-state index contributed by atoms with van der Waals surface area (Å²) >= 11 is 0. The Labute approximate surface area is 205 Å². The van der Waals surface area contributed by atoms with Gasteiger partial charge in [-0.15, -0.1) is 0 Å². The zero-order valence-electron chi connectivity index (χ0n) is 21.4. The van der Waals surface area contributed by atoms with Crippen LogP contribution < -0.4 is 5.59 Å². The van der Waals surface area contributed by atoms with E-state index in [-0.39, 0.29) is 5.59 Å². The molecule has 0 saturated heterocycles. The number of aryl methyl sites for hydroxylation is 2. The molecular formula is C25H36BN6O2+. The summed E-state index contributed by atoms with van der Waals surface area (Å²) in [5, 5.41) is 17.1. The van der Waals surface area contributed by atoms with Gasteiger partial charge in [0.2, 0.25) is 17.5 Å². The Kier molecular flexibility index (Phi) is 29.8. The zero-order valence-corrected chi connectivity index (χ0v) is 21.4. The van der Waals surface area contributed by atoms with Crippen molar-refractivity contribution in [1.82, 2.24) is 15.0 Å². The van der Waals surface area contributed by atoms with Crippen molar-refractivity contribution in [3.8, 4) is 6.42 Å². The van der Waals surface area contributed by atoms with Crippen LogP contribution in [0.1, 0.15) is 52.9 Å². The van der Waals surface area contributed by atoms with Crippen LogP contribution in [0.15, 0.2) is 36.4 Å². The first-order valence-corrected chi connectivity index (χ1v) is 10.7. The van der Waals surface area contributed by atoms with Crippen LogP contribution in [0.4, 0.5) is 17.5 Å². The van der Waals surface area contributed by atoms with E-state index in [4.69, 9.17) is 36.2 Å². The molecule has 0 aliphatic heterocycles. The van der Waals surface area contributed by atoms with E-state index in [9.17, 15) is 0 Å². The fraction of sp³-hybridized carbons (Fsp3) is 0.320. The van der Waals surface area contributed by atoms with E-state index >= 15 is 0 Å². The molecule has 0 fully saturated rings. The van der Waals surface area contributed by atoms with E-state index in [2.05, 4.69) is 35.9 Å². The van der Waals surface area contributed by atoms with Gasteiger partial charge >= 0.3 is 20.0 Å². The second kappa shape index (κ2) is 27.1. The molecule has 3 aromatic heterocycles. The molecule has 0 unspecified atom stereocenters. The summed E-state index contributed by atoms with van der Waals surface area (Å²) in [6.45, 7) is 35.5. The molecule has 3 aromatic rings. The van der Waals surface area contributed by atoms with E-state index in [1.54, 1.807) is 12.1 Å². The SMILES string of the molecule is CC.CC.CC.[C+]#C.[C-]#[N+]c1ccc(B(O)O)[nH]1.[C-]#[N+]c1ccc(C)[nH]1.[C-]#[N+]c1ccc(C)[nH]1. The first-order chi connectivity index (χ1) is 16.4. The van der Waals surface area contributed by atoms with Gasteiger partial charge in [0.1, 0.15) is 5.59 Å². The fourth-order valence-electron chi connectivity index (χ4n) is 1.72. The van der Waals surface area contributed by atoms with Crippen LogP contribution in [-0.4, -0.2) is 32.1 Å². The molecule has 3 rings (SSSR count). The number of hydrogen-bond acceptors (Lipinski definition) is 2. The summed E-state index contributed by atoms with van der Waals surface area (Å²) in [7, 11) is -1.52. The second-order valence-electron chi connectivity index (χ2n) is 5.06. The minimum absolute atomic E-state index is 0.242. The Morgan fingerprint density at radius 1 is 0.647 bits per heavy atom. The average Bonchev–Trinajstić information content (AvgIpc) is 3.66. The summed E-state index contributed by atoms with van der Waals surface area (Å²) < 4.78 is 0. The van der Waals surface area contributed by atoms with Crippen LogP contribution in [0.25, 0.3) is 14.5 Å². The van der Waals surface area contributed by atoms with Crippen LogP contribution in [-0.2, 0) is 0 Å². The summed E-state index contributed by atoms with van der Waals surface area (Å²) in [4.78, 5) is 17.7. The molecule has 0 bridgehead atoms. The average molecular weight is 463 g/mol. The maximum Gasteiger partial charge on any atom is 0.529 e. The third kappa shape index (κ3) is 18.8. The number of nitrogens with one attached hydrogen (secondary N) is 3. The second-order valence-corrected chi connectivity index (χ2v) is 5.06. The minimum atomic E-state index is -1.52. The van der Waals surface area contributed by atoms with Gasteiger partial charge in [-0.1, -0.05) is 61.3 Å². The maximum atomic E-state index is 8.55. The number of H-pyrrole nitrogens is 3. The van der Waals surface area contributed by atoms with Crippen molar-refractivity contribution in [3.63, 3.8) is 0 Å². The van der Waals surface area contributed by atoms with Crippen molar-refractivity contribution in [2.75, 3.05) is 0 Å². The van der Waals surface area contributed by atoms with E-state index in [1.807, 2.05) is 67.5 Å².